The molecule has 0 bridgehead atoms. The van der Waals surface area contributed by atoms with E-state index in [4.69, 9.17) is 4.42 Å². The Kier molecular flexibility index (Phi) is 6.94. The van der Waals surface area contributed by atoms with Gasteiger partial charge >= 0.3 is 0 Å². The lowest BCUT2D eigenvalue weighted by atomic mass is 10.1. The highest BCUT2D eigenvalue weighted by molar-refractivity contribution is 5.95. The number of aryl methyl sites for hydroxylation is 1. The topological polar surface area (TPSA) is 103 Å². The number of hydrogen-bond donors (Lipinski definition) is 1. The van der Waals surface area contributed by atoms with E-state index >= 15 is 0 Å². The van der Waals surface area contributed by atoms with Crippen molar-refractivity contribution in [3.05, 3.63) is 75.6 Å². The molecule has 3 aromatic rings. The van der Waals surface area contributed by atoms with E-state index in [2.05, 4.69) is 22.3 Å². The maximum Gasteiger partial charge on any atom is 0.287 e. The van der Waals surface area contributed by atoms with Gasteiger partial charge in [0.05, 0.1) is 11.9 Å². The van der Waals surface area contributed by atoms with Crippen molar-refractivity contribution in [2.45, 2.75) is 26.3 Å². The number of carbonyl (C=O) groups is 3. The quantitative estimate of drug-likeness (QED) is 0.555. The molecule has 3 heterocycles. The molecule has 2 saturated heterocycles. The monoisotopic (exact) mass is 502 g/mol. The predicted molar refractivity (Wildman–Crippen MR) is 139 cm³/mol. The molecule has 5 rings (SSSR count). The molecule has 0 radical (unpaired) electrons. The van der Waals surface area contributed by atoms with Crippen LogP contribution in [-0.2, 0) is 16.1 Å². The average Bonchev–Trinajstić information content (AvgIpc) is 3.31. The first kappa shape index (κ1) is 24.5. The summed E-state index contributed by atoms with van der Waals surface area (Å²) in [4.78, 5) is 55.7. The molecular weight excluding hydrogens is 472 g/mol. The zero-order valence-corrected chi connectivity index (χ0v) is 20.9. The van der Waals surface area contributed by atoms with Gasteiger partial charge in [0.1, 0.15) is 5.58 Å². The zero-order chi connectivity index (χ0) is 25.9. The highest BCUT2D eigenvalue weighted by atomic mass is 16.3. The first-order valence-electron chi connectivity index (χ1n) is 12.6. The van der Waals surface area contributed by atoms with E-state index in [1.54, 1.807) is 23.1 Å². The molecule has 0 aliphatic carbocycles. The molecule has 0 saturated carbocycles. The van der Waals surface area contributed by atoms with Gasteiger partial charge in [-0.3, -0.25) is 19.2 Å². The summed E-state index contributed by atoms with van der Waals surface area (Å²) in [6.45, 7) is 5.45. The number of fused-ring (bicyclic) bond motifs is 1. The van der Waals surface area contributed by atoms with E-state index in [9.17, 15) is 19.2 Å². The summed E-state index contributed by atoms with van der Waals surface area (Å²) in [6.07, 6.45) is 1.53. The Labute approximate surface area is 214 Å². The van der Waals surface area contributed by atoms with Crippen LogP contribution in [0.2, 0.25) is 0 Å². The van der Waals surface area contributed by atoms with Crippen molar-refractivity contribution in [3.8, 4) is 0 Å². The number of amides is 3. The van der Waals surface area contributed by atoms with Gasteiger partial charge < -0.3 is 24.4 Å². The second kappa shape index (κ2) is 10.5. The second-order valence-electron chi connectivity index (χ2n) is 9.57. The van der Waals surface area contributed by atoms with Crippen molar-refractivity contribution >= 4 is 34.4 Å². The summed E-state index contributed by atoms with van der Waals surface area (Å²) in [5.41, 5.74) is 3.15. The number of likely N-dealkylation sites (tertiary alicyclic amines) is 1. The van der Waals surface area contributed by atoms with Crippen LogP contribution in [0.5, 0.6) is 0 Å². The van der Waals surface area contributed by atoms with Crippen LogP contribution in [0.3, 0.4) is 0 Å². The molecule has 0 atom stereocenters. The molecule has 1 N–H and O–H groups in total. The molecule has 0 spiro atoms. The molecule has 2 aliphatic heterocycles. The van der Waals surface area contributed by atoms with Crippen LogP contribution >= 0.6 is 0 Å². The van der Waals surface area contributed by atoms with Crippen molar-refractivity contribution < 1.29 is 18.8 Å². The number of benzene rings is 2. The lowest BCUT2D eigenvalue weighted by molar-refractivity contribution is -0.130. The van der Waals surface area contributed by atoms with E-state index in [0.717, 1.165) is 35.8 Å². The van der Waals surface area contributed by atoms with Gasteiger partial charge in [-0.05, 0) is 37.1 Å². The third-order valence-electron chi connectivity index (χ3n) is 7.00. The van der Waals surface area contributed by atoms with Crippen LogP contribution in [-0.4, -0.2) is 66.8 Å². The summed E-state index contributed by atoms with van der Waals surface area (Å²) >= 11 is 0. The summed E-state index contributed by atoms with van der Waals surface area (Å²) in [7, 11) is 0. The third kappa shape index (κ3) is 5.35. The number of carbonyl (C=O) groups excluding carboxylic acids is 3. The van der Waals surface area contributed by atoms with Gasteiger partial charge in [-0.2, -0.15) is 0 Å². The number of nitrogens with zero attached hydrogens (tertiary/aromatic N) is 3. The summed E-state index contributed by atoms with van der Waals surface area (Å²) < 4.78 is 5.60. The van der Waals surface area contributed by atoms with Crippen LogP contribution in [0.15, 0.2) is 57.7 Å². The van der Waals surface area contributed by atoms with E-state index in [1.165, 1.54) is 0 Å². The van der Waals surface area contributed by atoms with Gasteiger partial charge in [0.25, 0.3) is 5.91 Å². The van der Waals surface area contributed by atoms with Crippen molar-refractivity contribution in [2.24, 2.45) is 0 Å². The van der Waals surface area contributed by atoms with Crippen molar-refractivity contribution in [1.29, 1.82) is 0 Å². The van der Waals surface area contributed by atoms with Gasteiger partial charge in [0.2, 0.25) is 11.8 Å². The number of nitrogens with one attached hydrogen (secondary N) is 1. The van der Waals surface area contributed by atoms with Crippen LogP contribution in [0.25, 0.3) is 11.0 Å². The number of piperazine rings is 1. The summed E-state index contributed by atoms with van der Waals surface area (Å²) in [5.74, 6) is -0.711. The smallest absolute Gasteiger partial charge is 0.287 e. The van der Waals surface area contributed by atoms with E-state index in [0.29, 0.717) is 50.1 Å². The maximum absolute atomic E-state index is 12.8. The molecule has 9 nitrogen and oxygen atoms in total. The molecular formula is C28H30N4O5. The van der Waals surface area contributed by atoms with E-state index in [-0.39, 0.29) is 29.5 Å². The zero-order valence-electron chi connectivity index (χ0n) is 20.9. The fourth-order valence-corrected chi connectivity index (χ4v) is 4.96. The minimum absolute atomic E-state index is 0.118. The van der Waals surface area contributed by atoms with Crippen LogP contribution in [0, 0.1) is 6.92 Å². The molecule has 2 aromatic carbocycles. The molecule has 192 valence electrons. The Balaban J connectivity index is 1.16. The molecule has 2 aliphatic rings. The summed E-state index contributed by atoms with van der Waals surface area (Å²) in [6, 6.07) is 14.4. The molecule has 37 heavy (non-hydrogen) atoms. The van der Waals surface area contributed by atoms with Crippen LogP contribution < -0.4 is 15.6 Å². The maximum atomic E-state index is 12.8. The Morgan fingerprint density at radius 1 is 0.973 bits per heavy atom. The fourth-order valence-electron chi connectivity index (χ4n) is 4.96. The minimum Gasteiger partial charge on any atom is -0.451 e. The third-order valence-corrected chi connectivity index (χ3v) is 7.00. The summed E-state index contributed by atoms with van der Waals surface area (Å²) in [5, 5.41) is 3.00. The number of hydrogen-bond acceptors (Lipinski definition) is 6. The fraction of sp³-hybridized carbons (Fsp3) is 0.357. The molecule has 1 aromatic heterocycles. The molecule has 0 unspecified atom stereocenters. The van der Waals surface area contributed by atoms with Gasteiger partial charge in [0.15, 0.2) is 11.2 Å². The highest BCUT2D eigenvalue weighted by Gasteiger charge is 2.25. The largest absolute Gasteiger partial charge is 0.451 e. The van der Waals surface area contributed by atoms with Gasteiger partial charge in [-0.25, -0.2) is 0 Å². The standard InChI is InChI=1S/C28H30N4O5/c1-19-8-9-24-21(15-19)23(33)16-25(37-24)28(36)29-17-27(35)31-13-11-30(12-14-31)22-6-3-2-5-20(22)18-32-10-4-7-26(32)34/h2-3,5-6,8-9,15-16H,4,7,10-14,17-18H2,1H3,(H,29,36). The minimum atomic E-state index is -0.600. The highest BCUT2D eigenvalue weighted by Crippen LogP contribution is 2.25. The Hall–Kier alpha value is -4.14. The molecule has 2 fully saturated rings. The Morgan fingerprint density at radius 2 is 1.76 bits per heavy atom. The normalized spacial score (nSPS) is 15.9. The number of anilines is 1. The Morgan fingerprint density at radius 3 is 2.51 bits per heavy atom. The second-order valence-corrected chi connectivity index (χ2v) is 9.57. The van der Waals surface area contributed by atoms with Gasteiger partial charge in [-0.15, -0.1) is 0 Å². The first-order valence-corrected chi connectivity index (χ1v) is 12.6. The lowest BCUT2D eigenvalue weighted by Crippen LogP contribution is -2.51. The number of rotatable bonds is 6. The average molecular weight is 503 g/mol. The lowest BCUT2D eigenvalue weighted by Gasteiger charge is -2.37. The van der Waals surface area contributed by atoms with Gasteiger partial charge in [0, 0.05) is 57.4 Å². The number of para-hydroxylation sites is 1. The van der Waals surface area contributed by atoms with Crippen LogP contribution in [0.4, 0.5) is 5.69 Å². The molecule has 9 heteroatoms. The first-order chi connectivity index (χ1) is 17.9. The predicted octanol–water partition coefficient (Wildman–Crippen LogP) is 2.30. The van der Waals surface area contributed by atoms with Crippen molar-refractivity contribution in [1.82, 2.24) is 15.1 Å². The van der Waals surface area contributed by atoms with Crippen LogP contribution in [0.1, 0.15) is 34.5 Å². The van der Waals surface area contributed by atoms with E-state index in [1.807, 2.05) is 24.0 Å². The SMILES string of the molecule is Cc1ccc2oc(C(=O)NCC(=O)N3CCN(c4ccccc4CN4CCCC4=O)CC3)cc(=O)c2c1. The Bertz CT molecular complexity index is 1410. The van der Waals surface area contributed by atoms with E-state index < -0.39 is 5.91 Å². The molecule has 3 amide bonds. The van der Waals surface area contributed by atoms with Crippen molar-refractivity contribution in [3.63, 3.8) is 0 Å². The van der Waals surface area contributed by atoms with Gasteiger partial charge in [-0.1, -0.05) is 29.8 Å². The van der Waals surface area contributed by atoms with Crippen molar-refractivity contribution in [2.75, 3.05) is 44.2 Å².